The fourth-order valence-corrected chi connectivity index (χ4v) is 4.75. The molecule has 0 saturated carbocycles. The van der Waals surface area contributed by atoms with E-state index in [9.17, 15) is 4.79 Å². The fourth-order valence-electron chi connectivity index (χ4n) is 4.75. The van der Waals surface area contributed by atoms with Gasteiger partial charge in [0.25, 0.3) is 0 Å². The van der Waals surface area contributed by atoms with E-state index in [1.807, 2.05) is 30.3 Å². The van der Waals surface area contributed by atoms with Gasteiger partial charge in [0.05, 0.1) is 14.1 Å². The molecule has 0 aliphatic carbocycles. The number of quaternary nitrogens is 1. The summed E-state index contributed by atoms with van der Waals surface area (Å²) in [5.74, 6) is 0.535. The Balaban J connectivity index is 1.70. The summed E-state index contributed by atoms with van der Waals surface area (Å²) < 4.78 is 12.4. The number of aryl methyl sites for hydroxylation is 1. The molecule has 0 N–H and O–H groups in total. The highest BCUT2D eigenvalue weighted by Crippen LogP contribution is 2.19. The van der Waals surface area contributed by atoms with E-state index < -0.39 is 6.29 Å². The standard InChI is InChI=1S/C33H52NO3/c1-5-7-8-9-10-11-12-13-14-16-20-29-23-25-31(26-24-29)36-33(19-6-2)37-32(35)28-34(3,4)27-30-21-17-15-18-22-30/h15,17-18,21-26,33H,5-14,16,19-20,27-28H2,1-4H3/q+1. The van der Waals surface area contributed by atoms with E-state index in [0.29, 0.717) is 17.4 Å². The number of nitrogens with zero attached hydrogens (tertiary/aromatic N) is 1. The second kappa shape index (κ2) is 18.0. The van der Waals surface area contributed by atoms with Crippen molar-refractivity contribution >= 4 is 5.97 Å². The summed E-state index contributed by atoms with van der Waals surface area (Å²) in [4.78, 5) is 12.7. The van der Waals surface area contributed by atoms with Crippen molar-refractivity contribution < 1.29 is 18.8 Å². The summed E-state index contributed by atoms with van der Waals surface area (Å²) in [5.41, 5.74) is 2.55. The molecule has 1 unspecified atom stereocenters. The Morgan fingerprint density at radius 3 is 1.92 bits per heavy atom. The van der Waals surface area contributed by atoms with Crippen molar-refractivity contribution in [3.63, 3.8) is 0 Å². The lowest BCUT2D eigenvalue weighted by atomic mass is 10.0. The van der Waals surface area contributed by atoms with Gasteiger partial charge in [-0.2, -0.15) is 0 Å². The minimum absolute atomic E-state index is 0.225. The van der Waals surface area contributed by atoms with Crippen molar-refractivity contribution in [3.8, 4) is 5.75 Å². The van der Waals surface area contributed by atoms with Crippen LogP contribution in [0, 0.1) is 0 Å². The van der Waals surface area contributed by atoms with Crippen LogP contribution in [-0.4, -0.2) is 37.4 Å². The molecule has 37 heavy (non-hydrogen) atoms. The smallest absolute Gasteiger partial charge is 0.364 e. The van der Waals surface area contributed by atoms with Crippen molar-refractivity contribution in [1.29, 1.82) is 0 Å². The van der Waals surface area contributed by atoms with Gasteiger partial charge < -0.3 is 14.0 Å². The number of likely N-dealkylation sites (N-methyl/N-ethyl adjacent to an activating group) is 1. The molecular formula is C33H52NO3+. The van der Waals surface area contributed by atoms with E-state index in [-0.39, 0.29) is 5.97 Å². The van der Waals surface area contributed by atoms with Crippen LogP contribution in [0.5, 0.6) is 5.75 Å². The molecule has 0 spiro atoms. The number of hydrogen-bond acceptors (Lipinski definition) is 3. The minimum Gasteiger partial charge on any atom is -0.455 e. The van der Waals surface area contributed by atoms with Crippen molar-refractivity contribution in [2.45, 2.75) is 110 Å². The van der Waals surface area contributed by atoms with Crippen LogP contribution >= 0.6 is 0 Å². The van der Waals surface area contributed by atoms with Crippen molar-refractivity contribution in [2.75, 3.05) is 20.6 Å². The third-order valence-electron chi connectivity index (χ3n) is 6.81. The van der Waals surface area contributed by atoms with Crippen molar-refractivity contribution in [2.24, 2.45) is 0 Å². The maximum absolute atomic E-state index is 12.7. The molecule has 1 atom stereocenters. The summed E-state index contributed by atoms with van der Waals surface area (Å²) >= 11 is 0. The third kappa shape index (κ3) is 14.3. The topological polar surface area (TPSA) is 35.5 Å². The molecular weight excluding hydrogens is 458 g/mol. The first-order valence-electron chi connectivity index (χ1n) is 14.7. The first-order valence-corrected chi connectivity index (χ1v) is 14.7. The van der Waals surface area contributed by atoms with Crippen LogP contribution in [0.1, 0.15) is 102 Å². The average molecular weight is 511 g/mol. The van der Waals surface area contributed by atoms with Crippen LogP contribution in [0.4, 0.5) is 0 Å². The van der Waals surface area contributed by atoms with Gasteiger partial charge in [-0.1, -0.05) is 114 Å². The van der Waals surface area contributed by atoms with Crippen LogP contribution in [0.25, 0.3) is 0 Å². The predicted molar refractivity (Wildman–Crippen MR) is 155 cm³/mol. The number of hydrogen-bond donors (Lipinski definition) is 0. The number of carbonyl (C=O) groups excluding carboxylic acids is 1. The van der Waals surface area contributed by atoms with E-state index in [1.165, 1.54) is 75.3 Å². The molecule has 0 fully saturated rings. The van der Waals surface area contributed by atoms with Gasteiger partial charge in [0.1, 0.15) is 12.3 Å². The number of ether oxygens (including phenoxy) is 2. The number of carbonyl (C=O) groups is 1. The van der Waals surface area contributed by atoms with E-state index in [4.69, 9.17) is 9.47 Å². The highest BCUT2D eigenvalue weighted by Gasteiger charge is 2.24. The first-order chi connectivity index (χ1) is 17.9. The third-order valence-corrected chi connectivity index (χ3v) is 6.81. The fraction of sp³-hybridized carbons (Fsp3) is 0.606. The lowest BCUT2D eigenvalue weighted by molar-refractivity contribution is -0.896. The van der Waals surface area contributed by atoms with E-state index in [1.54, 1.807) is 0 Å². The summed E-state index contributed by atoms with van der Waals surface area (Å²) in [5, 5.41) is 0. The van der Waals surface area contributed by atoms with Gasteiger partial charge in [-0.25, -0.2) is 4.79 Å². The van der Waals surface area contributed by atoms with E-state index >= 15 is 0 Å². The van der Waals surface area contributed by atoms with Gasteiger partial charge in [-0.3, -0.25) is 0 Å². The molecule has 0 saturated heterocycles. The lowest BCUT2D eigenvalue weighted by Gasteiger charge is -2.29. The van der Waals surface area contributed by atoms with Crippen LogP contribution < -0.4 is 4.74 Å². The van der Waals surface area contributed by atoms with Gasteiger partial charge in [0, 0.05) is 12.0 Å². The monoisotopic (exact) mass is 510 g/mol. The van der Waals surface area contributed by atoms with Crippen LogP contribution in [0.2, 0.25) is 0 Å². The van der Waals surface area contributed by atoms with Crippen LogP contribution in [-0.2, 0) is 22.5 Å². The second-order valence-corrected chi connectivity index (χ2v) is 11.1. The molecule has 0 heterocycles. The van der Waals surface area contributed by atoms with Gasteiger partial charge in [-0.05, 0) is 37.0 Å². The summed E-state index contributed by atoms with van der Waals surface area (Å²) in [6.45, 7) is 5.43. The minimum atomic E-state index is -0.554. The Kier molecular flexibility index (Phi) is 15.0. The molecule has 4 heteroatoms. The number of esters is 1. The van der Waals surface area contributed by atoms with Crippen LogP contribution in [0.15, 0.2) is 54.6 Å². The van der Waals surface area contributed by atoms with Crippen LogP contribution in [0.3, 0.4) is 0 Å². The summed E-state index contributed by atoms with van der Waals surface area (Å²) in [7, 11) is 4.11. The molecule has 0 aliphatic heterocycles. The van der Waals surface area contributed by atoms with E-state index in [2.05, 4.69) is 52.2 Å². The first kappa shape index (κ1) is 30.9. The van der Waals surface area contributed by atoms with Gasteiger partial charge in [-0.15, -0.1) is 0 Å². The molecule has 0 bridgehead atoms. The summed E-state index contributed by atoms with van der Waals surface area (Å²) in [6, 6.07) is 18.6. The largest absolute Gasteiger partial charge is 0.455 e. The highest BCUT2D eigenvalue weighted by molar-refractivity contribution is 5.70. The molecule has 4 nitrogen and oxygen atoms in total. The zero-order valence-corrected chi connectivity index (χ0v) is 24.1. The predicted octanol–water partition coefficient (Wildman–Crippen LogP) is 8.47. The average Bonchev–Trinajstić information content (AvgIpc) is 2.86. The molecule has 2 aromatic carbocycles. The lowest BCUT2D eigenvalue weighted by Crippen LogP contribution is -2.44. The Hall–Kier alpha value is -2.33. The quantitative estimate of drug-likeness (QED) is 0.0775. The Morgan fingerprint density at radius 1 is 0.730 bits per heavy atom. The number of benzene rings is 2. The molecule has 0 aromatic heterocycles. The maximum Gasteiger partial charge on any atom is 0.364 e. The Labute approximate surface area is 227 Å². The zero-order chi connectivity index (χ0) is 26.8. The molecule has 0 amide bonds. The van der Waals surface area contributed by atoms with Crippen molar-refractivity contribution in [3.05, 3.63) is 65.7 Å². The maximum atomic E-state index is 12.7. The zero-order valence-electron chi connectivity index (χ0n) is 24.1. The number of unbranched alkanes of at least 4 members (excludes halogenated alkanes) is 9. The van der Waals surface area contributed by atoms with Gasteiger partial charge in [0.2, 0.25) is 6.29 Å². The summed E-state index contributed by atoms with van der Waals surface area (Å²) in [6.07, 6.45) is 15.7. The molecule has 0 radical (unpaired) electrons. The normalized spacial score (nSPS) is 12.3. The van der Waals surface area contributed by atoms with Crippen molar-refractivity contribution in [1.82, 2.24) is 0 Å². The number of rotatable bonds is 20. The molecule has 0 aliphatic rings. The highest BCUT2D eigenvalue weighted by atomic mass is 16.7. The van der Waals surface area contributed by atoms with Gasteiger partial charge >= 0.3 is 5.97 Å². The molecule has 2 rings (SSSR count). The SMILES string of the molecule is CCCCCCCCCCCCc1ccc(OC(CCC)OC(=O)C[N+](C)(C)Cc2ccccc2)cc1. The van der Waals surface area contributed by atoms with E-state index in [0.717, 1.165) is 25.1 Å². The Bertz CT molecular complexity index is 848. The Morgan fingerprint density at radius 2 is 1.32 bits per heavy atom. The van der Waals surface area contributed by atoms with Gasteiger partial charge in [0.15, 0.2) is 6.54 Å². The molecule has 206 valence electrons. The second-order valence-electron chi connectivity index (χ2n) is 11.1. The molecule has 2 aromatic rings.